The molecule has 0 aromatic heterocycles. The second-order valence-corrected chi connectivity index (χ2v) is 7.64. The van der Waals surface area contributed by atoms with Crippen LogP contribution in [0, 0.1) is 0 Å². The van der Waals surface area contributed by atoms with Crippen molar-refractivity contribution < 1.29 is 22.7 Å². The van der Waals surface area contributed by atoms with Crippen LogP contribution in [0.1, 0.15) is 30.6 Å². The second kappa shape index (κ2) is 8.77. The minimum atomic E-state index is -3.94. The van der Waals surface area contributed by atoms with Crippen LogP contribution in [0.2, 0.25) is 0 Å². The highest BCUT2D eigenvalue weighted by Gasteiger charge is 2.22. The zero-order valence-electron chi connectivity index (χ0n) is 15.8. The molecular formula is C19H24N2O5S. The highest BCUT2D eigenvalue weighted by atomic mass is 32.2. The lowest BCUT2D eigenvalue weighted by Gasteiger charge is -2.18. The number of rotatable bonds is 8. The molecule has 0 spiro atoms. The summed E-state index contributed by atoms with van der Waals surface area (Å²) in [6.07, 6.45) is 0.810. The number of methoxy groups -OCH3 is 2. The summed E-state index contributed by atoms with van der Waals surface area (Å²) < 4.78 is 38.3. The first-order valence-electron chi connectivity index (χ1n) is 8.46. The Labute approximate surface area is 159 Å². The van der Waals surface area contributed by atoms with Crippen LogP contribution >= 0.6 is 0 Å². The van der Waals surface area contributed by atoms with Gasteiger partial charge in [-0.1, -0.05) is 6.92 Å². The third kappa shape index (κ3) is 5.13. The van der Waals surface area contributed by atoms with Crippen LogP contribution in [-0.4, -0.2) is 34.6 Å². The van der Waals surface area contributed by atoms with Crippen LogP contribution in [0.3, 0.4) is 0 Å². The van der Waals surface area contributed by atoms with E-state index < -0.39 is 16.0 Å². The molecule has 0 unspecified atom stereocenters. The number of hydrogen-bond donors (Lipinski definition) is 2. The van der Waals surface area contributed by atoms with Crippen molar-refractivity contribution in [3.05, 3.63) is 48.0 Å². The third-order valence-corrected chi connectivity index (χ3v) is 5.47. The van der Waals surface area contributed by atoms with E-state index in [1.807, 2.05) is 13.8 Å². The van der Waals surface area contributed by atoms with E-state index in [4.69, 9.17) is 9.47 Å². The summed E-state index contributed by atoms with van der Waals surface area (Å²) in [6, 6.07) is 11.0. The van der Waals surface area contributed by atoms with Gasteiger partial charge in [0.15, 0.2) is 0 Å². The number of esters is 1. The van der Waals surface area contributed by atoms with Gasteiger partial charge in [0, 0.05) is 11.7 Å². The van der Waals surface area contributed by atoms with Crippen molar-refractivity contribution >= 4 is 27.4 Å². The summed E-state index contributed by atoms with van der Waals surface area (Å²) in [7, 11) is -1.16. The lowest BCUT2D eigenvalue weighted by Crippen LogP contribution is -2.20. The minimum absolute atomic E-state index is 0.0264. The van der Waals surface area contributed by atoms with E-state index in [0.29, 0.717) is 17.1 Å². The van der Waals surface area contributed by atoms with Gasteiger partial charge in [0.05, 0.1) is 25.5 Å². The average molecular weight is 392 g/mol. The van der Waals surface area contributed by atoms with Crippen molar-refractivity contribution in [1.82, 2.24) is 0 Å². The van der Waals surface area contributed by atoms with E-state index in [0.717, 1.165) is 6.42 Å². The summed E-state index contributed by atoms with van der Waals surface area (Å²) in [5.74, 6) is 0.00995. The fourth-order valence-corrected chi connectivity index (χ4v) is 3.60. The fourth-order valence-electron chi connectivity index (χ4n) is 2.35. The number of carbonyl (C=O) groups is 1. The number of sulfonamides is 1. The molecule has 2 aromatic rings. The molecule has 2 rings (SSSR count). The first-order valence-corrected chi connectivity index (χ1v) is 9.94. The van der Waals surface area contributed by atoms with Gasteiger partial charge in [-0.05, 0) is 55.8 Å². The normalized spacial score (nSPS) is 12.1. The van der Waals surface area contributed by atoms with Gasteiger partial charge in [-0.2, -0.15) is 0 Å². The topological polar surface area (TPSA) is 93.7 Å². The lowest BCUT2D eigenvalue weighted by atomic mass is 10.2. The summed E-state index contributed by atoms with van der Waals surface area (Å²) in [5, 5.41) is 3.16. The predicted molar refractivity (Wildman–Crippen MR) is 105 cm³/mol. The Morgan fingerprint density at radius 1 is 1.11 bits per heavy atom. The molecule has 0 saturated heterocycles. The first-order chi connectivity index (χ1) is 12.8. The van der Waals surface area contributed by atoms with Crippen LogP contribution in [0.15, 0.2) is 47.4 Å². The Morgan fingerprint density at radius 3 is 2.33 bits per heavy atom. The van der Waals surface area contributed by atoms with Crippen molar-refractivity contribution in [1.29, 1.82) is 0 Å². The van der Waals surface area contributed by atoms with Crippen LogP contribution in [0.4, 0.5) is 11.4 Å². The van der Waals surface area contributed by atoms with Gasteiger partial charge < -0.3 is 14.8 Å². The van der Waals surface area contributed by atoms with Crippen molar-refractivity contribution in [2.75, 3.05) is 24.3 Å². The van der Waals surface area contributed by atoms with Crippen LogP contribution in [-0.2, 0) is 14.8 Å². The molecule has 27 heavy (non-hydrogen) atoms. The maximum Gasteiger partial charge on any atom is 0.337 e. The van der Waals surface area contributed by atoms with Gasteiger partial charge in [0.25, 0.3) is 10.0 Å². The molecule has 0 saturated carbocycles. The fraction of sp³-hybridized carbons (Fsp3) is 0.316. The average Bonchev–Trinajstić information content (AvgIpc) is 2.67. The van der Waals surface area contributed by atoms with E-state index in [1.165, 1.54) is 26.4 Å². The Hall–Kier alpha value is -2.74. The zero-order chi connectivity index (χ0) is 20.0. The van der Waals surface area contributed by atoms with Crippen molar-refractivity contribution in [2.24, 2.45) is 0 Å². The van der Waals surface area contributed by atoms with Crippen LogP contribution in [0.25, 0.3) is 0 Å². The standard InChI is InChI=1S/C19H24N2O5S/c1-5-13(2)20-17-11-6-14(19(22)26-4)12-18(17)27(23,24)21-15-7-9-16(25-3)10-8-15/h6-13,20-21H,5H2,1-4H3/t13-/m1/s1. The molecule has 0 aliphatic carbocycles. The van der Waals surface area contributed by atoms with E-state index in [2.05, 4.69) is 10.0 Å². The maximum absolute atomic E-state index is 13.0. The summed E-state index contributed by atoms with van der Waals surface area (Å²) in [6.45, 7) is 3.94. The molecule has 7 nitrogen and oxygen atoms in total. The number of anilines is 2. The Morgan fingerprint density at radius 2 is 1.78 bits per heavy atom. The van der Waals surface area contributed by atoms with Gasteiger partial charge in [-0.15, -0.1) is 0 Å². The van der Waals surface area contributed by atoms with Crippen molar-refractivity contribution in [2.45, 2.75) is 31.2 Å². The van der Waals surface area contributed by atoms with E-state index in [1.54, 1.807) is 30.3 Å². The van der Waals surface area contributed by atoms with Gasteiger partial charge in [0.2, 0.25) is 0 Å². The smallest absolute Gasteiger partial charge is 0.337 e. The highest BCUT2D eigenvalue weighted by Crippen LogP contribution is 2.27. The van der Waals surface area contributed by atoms with Gasteiger partial charge in [0.1, 0.15) is 10.6 Å². The zero-order valence-corrected chi connectivity index (χ0v) is 16.6. The van der Waals surface area contributed by atoms with Crippen molar-refractivity contribution in [3.63, 3.8) is 0 Å². The molecule has 2 N–H and O–H groups in total. The quantitative estimate of drug-likeness (QED) is 0.668. The highest BCUT2D eigenvalue weighted by molar-refractivity contribution is 7.92. The maximum atomic E-state index is 13.0. The predicted octanol–water partition coefficient (Wildman–Crippen LogP) is 3.49. The van der Waals surface area contributed by atoms with Gasteiger partial charge in [-0.3, -0.25) is 4.72 Å². The molecule has 0 bridgehead atoms. The number of benzene rings is 2. The van der Waals surface area contributed by atoms with Crippen LogP contribution < -0.4 is 14.8 Å². The minimum Gasteiger partial charge on any atom is -0.497 e. The summed E-state index contributed by atoms with van der Waals surface area (Å²) >= 11 is 0. The molecule has 8 heteroatoms. The Kier molecular flexibility index (Phi) is 6.68. The summed E-state index contributed by atoms with van der Waals surface area (Å²) in [4.78, 5) is 11.8. The molecule has 0 aliphatic rings. The molecule has 2 aromatic carbocycles. The largest absolute Gasteiger partial charge is 0.497 e. The number of ether oxygens (including phenoxy) is 2. The lowest BCUT2D eigenvalue weighted by molar-refractivity contribution is 0.0600. The number of hydrogen-bond acceptors (Lipinski definition) is 6. The number of nitrogens with one attached hydrogen (secondary N) is 2. The molecule has 0 amide bonds. The van der Waals surface area contributed by atoms with Crippen LogP contribution in [0.5, 0.6) is 5.75 Å². The summed E-state index contributed by atoms with van der Waals surface area (Å²) in [5.41, 5.74) is 0.953. The molecule has 146 valence electrons. The van der Waals surface area contributed by atoms with Gasteiger partial charge >= 0.3 is 5.97 Å². The Bertz CT molecular complexity index is 895. The third-order valence-electron chi connectivity index (χ3n) is 4.05. The van der Waals surface area contributed by atoms with Gasteiger partial charge in [-0.25, -0.2) is 13.2 Å². The molecule has 0 fully saturated rings. The van der Waals surface area contributed by atoms with E-state index in [-0.39, 0.29) is 16.5 Å². The number of carbonyl (C=O) groups excluding carboxylic acids is 1. The first kappa shape index (κ1) is 20.6. The van der Waals surface area contributed by atoms with E-state index >= 15 is 0 Å². The monoisotopic (exact) mass is 392 g/mol. The Balaban J connectivity index is 2.44. The molecule has 0 heterocycles. The molecular weight excluding hydrogens is 368 g/mol. The SMILES string of the molecule is CC[C@@H](C)Nc1ccc(C(=O)OC)cc1S(=O)(=O)Nc1ccc(OC)cc1. The molecule has 0 aliphatic heterocycles. The van der Waals surface area contributed by atoms with Crippen molar-refractivity contribution in [3.8, 4) is 5.75 Å². The van der Waals surface area contributed by atoms with E-state index in [9.17, 15) is 13.2 Å². The molecule has 0 radical (unpaired) electrons. The molecule has 1 atom stereocenters. The second-order valence-electron chi connectivity index (χ2n) is 5.99.